The molecule has 2 amide bonds. The molecule has 6 aromatic rings. The van der Waals surface area contributed by atoms with E-state index in [0.29, 0.717) is 58.2 Å². The highest BCUT2D eigenvalue weighted by atomic mass is 35.5. The second-order valence-corrected chi connectivity index (χ2v) is 12.3. The molecule has 0 aliphatic carbocycles. The average Bonchev–Trinajstić information content (AvgIpc) is 3.81. The van der Waals surface area contributed by atoms with Crippen LogP contribution in [0.3, 0.4) is 0 Å². The number of H-pyrrole nitrogens is 2. The van der Waals surface area contributed by atoms with E-state index in [-0.39, 0.29) is 67.4 Å². The Balaban J connectivity index is 0.000000208. The SMILES string of the molecule is CCNC(=O)c1[nH]nc(-c2cc(Cl)c(O)cc2O)c1-c1ccc(OC)cc1.CCNC(=O)c1[nH]nc(-c2cc(Cl)c(O)cc2O)c1-c1ccc(OC)cc1. The minimum Gasteiger partial charge on any atom is -0.507 e. The highest BCUT2D eigenvalue weighted by Crippen LogP contribution is 2.43. The molecule has 8 N–H and O–H groups in total. The Labute approximate surface area is 319 Å². The molecule has 0 aliphatic heterocycles. The first kappa shape index (κ1) is 38.8. The van der Waals surface area contributed by atoms with Crippen LogP contribution >= 0.6 is 23.2 Å². The van der Waals surface area contributed by atoms with Crippen molar-refractivity contribution in [3.8, 4) is 79.3 Å². The molecule has 0 unspecified atom stereocenters. The standard InChI is InChI=1S/2C19H18ClN3O4/c2*1-3-21-19(26)18-16(10-4-6-11(27-2)7-5-10)17(22-23-18)12-8-13(20)15(25)9-14(12)24/h2*4-9,24-25H,3H2,1-2H3,(H,21,26)(H,22,23). The van der Waals surface area contributed by atoms with E-state index in [2.05, 4.69) is 31.0 Å². The van der Waals surface area contributed by atoms with Crippen molar-refractivity contribution in [2.75, 3.05) is 27.3 Å². The maximum atomic E-state index is 12.5. The van der Waals surface area contributed by atoms with E-state index in [1.54, 1.807) is 62.8 Å². The second-order valence-electron chi connectivity index (χ2n) is 11.5. The zero-order chi connectivity index (χ0) is 39.1. The summed E-state index contributed by atoms with van der Waals surface area (Å²) in [4.78, 5) is 25.0. The summed E-state index contributed by atoms with van der Waals surface area (Å²) in [7, 11) is 3.13. The van der Waals surface area contributed by atoms with E-state index in [0.717, 1.165) is 12.1 Å². The van der Waals surface area contributed by atoms with Crippen LogP contribution in [-0.4, -0.2) is 79.9 Å². The Morgan fingerprint density at radius 3 is 1.28 bits per heavy atom. The lowest BCUT2D eigenvalue weighted by molar-refractivity contribution is 0.0943. The number of carbonyl (C=O) groups excluding carboxylic acids is 2. The third-order valence-electron chi connectivity index (χ3n) is 8.06. The summed E-state index contributed by atoms with van der Waals surface area (Å²) in [5.41, 5.74) is 4.14. The maximum Gasteiger partial charge on any atom is 0.269 e. The fourth-order valence-electron chi connectivity index (χ4n) is 5.46. The van der Waals surface area contributed by atoms with Gasteiger partial charge in [-0.05, 0) is 61.4 Å². The fraction of sp³-hybridized carbons (Fsp3) is 0.158. The van der Waals surface area contributed by atoms with E-state index in [4.69, 9.17) is 32.7 Å². The largest absolute Gasteiger partial charge is 0.507 e. The number of aromatic amines is 2. The number of hydrogen-bond acceptors (Lipinski definition) is 10. The van der Waals surface area contributed by atoms with Crippen LogP contribution in [0.15, 0.2) is 72.8 Å². The van der Waals surface area contributed by atoms with E-state index < -0.39 is 0 Å². The molecule has 0 aliphatic rings. The summed E-state index contributed by atoms with van der Waals surface area (Å²) >= 11 is 12.0. The van der Waals surface area contributed by atoms with E-state index >= 15 is 0 Å². The van der Waals surface area contributed by atoms with Gasteiger partial charge in [-0.15, -0.1) is 0 Å². The zero-order valence-corrected chi connectivity index (χ0v) is 30.9. The lowest BCUT2D eigenvalue weighted by Gasteiger charge is -2.10. The first-order valence-corrected chi connectivity index (χ1v) is 17.1. The zero-order valence-electron chi connectivity index (χ0n) is 29.4. The monoisotopic (exact) mass is 774 g/mol. The molecule has 2 aromatic heterocycles. The van der Waals surface area contributed by atoms with Crippen LogP contribution in [0.1, 0.15) is 34.8 Å². The Morgan fingerprint density at radius 1 is 0.611 bits per heavy atom. The molecular weight excluding hydrogens is 739 g/mol. The fourth-order valence-corrected chi connectivity index (χ4v) is 5.79. The van der Waals surface area contributed by atoms with Crippen molar-refractivity contribution in [1.82, 2.24) is 31.0 Å². The quantitative estimate of drug-likeness (QED) is 0.0704. The van der Waals surface area contributed by atoms with Gasteiger partial charge in [0.1, 0.15) is 57.3 Å². The van der Waals surface area contributed by atoms with Crippen LogP contribution in [0.2, 0.25) is 10.0 Å². The molecule has 0 bridgehead atoms. The van der Waals surface area contributed by atoms with Crippen LogP contribution in [0, 0.1) is 0 Å². The number of ether oxygens (including phenoxy) is 2. The number of halogens is 2. The molecule has 54 heavy (non-hydrogen) atoms. The number of nitrogens with one attached hydrogen (secondary N) is 4. The summed E-state index contributed by atoms with van der Waals surface area (Å²) in [6, 6.07) is 19.3. The maximum absolute atomic E-state index is 12.5. The highest BCUT2D eigenvalue weighted by Gasteiger charge is 2.25. The molecular formula is C38H36Cl2N6O8. The van der Waals surface area contributed by atoms with Gasteiger partial charge in [-0.1, -0.05) is 47.5 Å². The first-order valence-electron chi connectivity index (χ1n) is 16.4. The smallest absolute Gasteiger partial charge is 0.269 e. The lowest BCUT2D eigenvalue weighted by atomic mass is 9.97. The third-order valence-corrected chi connectivity index (χ3v) is 8.66. The van der Waals surface area contributed by atoms with Crippen LogP contribution in [0.25, 0.3) is 44.8 Å². The van der Waals surface area contributed by atoms with Gasteiger partial charge in [0, 0.05) is 47.5 Å². The van der Waals surface area contributed by atoms with Gasteiger partial charge >= 0.3 is 0 Å². The van der Waals surface area contributed by atoms with Crippen molar-refractivity contribution in [3.63, 3.8) is 0 Å². The average molecular weight is 776 g/mol. The normalized spacial score (nSPS) is 10.6. The molecule has 16 heteroatoms. The molecule has 0 saturated carbocycles. The van der Waals surface area contributed by atoms with Crippen molar-refractivity contribution in [2.45, 2.75) is 13.8 Å². The van der Waals surface area contributed by atoms with Gasteiger partial charge in [0.05, 0.1) is 24.3 Å². The number of benzene rings is 4. The molecule has 280 valence electrons. The van der Waals surface area contributed by atoms with Crippen molar-refractivity contribution in [2.24, 2.45) is 0 Å². The predicted octanol–water partition coefficient (Wildman–Crippen LogP) is 7.13. The van der Waals surface area contributed by atoms with Gasteiger partial charge in [-0.3, -0.25) is 19.8 Å². The van der Waals surface area contributed by atoms with Gasteiger partial charge < -0.3 is 40.5 Å². The van der Waals surface area contributed by atoms with Crippen molar-refractivity contribution in [1.29, 1.82) is 0 Å². The highest BCUT2D eigenvalue weighted by molar-refractivity contribution is 6.32. The second kappa shape index (κ2) is 17.0. The summed E-state index contributed by atoms with van der Waals surface area (Å²) in [6.07, 6.45) is 0. The van der Waals surface area contributed by atoms with Crippen molar-refractivity contribution in [3.05, 3.63) is 94.2 Å². The van der Waals surface area contributed by atoms with E-state index in [1.807, 2.05) is 13.8 Å². The van der Waals surface area contributed by atoms with E-state index in [1.165, 1.54) is 12.1 Å². The number of amides is 2. The number of phenols is 4. The van der Waals surface area contributed by atoms with Gasteiger partial charge in [0.15, 0.2) is 0 Å². The minimum atomic E-state index is -0.327. The van der Waals surface area contributed by atoms with Crippen LogP contribution in [-0.2, 0) is 0 Å². The molecule has 2 heterocycles. The number of aromatic hydroxyl groups is 4. The predicted molar refractivity (Wildman–Crippen MR) is 205 cm³/mol. The van der Waals surface area contributed by atoms with E-state index in [9.17, 15) is 30.0 Å². The molecule has 6 rings (SSSR count). The Morgan fingerprint density at radius 2 is 0.963 bits per heavy atom. The number of aromatic nitrogens is 4. The summed E-state index contributed by atoms with van der Waals surface area (Å²) in [5.74, 6) is -0.233. The van der Waals surface area contributed by atoms with Gasteiger partial charge in [0.2, 0.25) is 0 Å². The van der Waals surface area contributed by atoms with Crippen LogP contribution in [0.5, 0.6) is 34.5 Å². The molecule has 0 spiro atoms. The molecule has 4 aromatic carbocycles. The minimum absolute atomic E-state index is 0.0611. The number of rotatable bonds is 10. The van der Waals surface area contributed by atoms with Gasteiger partial charge in [-0.25, -0.2) is 0 Å². The summed E-state index contributed by atoms with van der Waals surface area (Å²) in [5, 5.41) is 59.4. The van der Waals surface area contributed by atoms with Gasteiger partial charge in [0.25, 0.3) is 11.8 Å². The molecule has 0 saturated heterocycles. The third kappa shape index (κ3) is 8.14. The van der Waals surface area contributed by atoms with Crippen LogP contribution < -0.4 is 20.1 Å². The number of carbonyl (C=O) groups is 2. The number of nitrogens with zero attached hydrogens (tertiary/aromatic N) is 2. The molecule has 0 fully saturated rings. The molecule has 0 atom stereocenters. The van der Waals surface area contributed by atoms with Crippen LogP contribution in [0.4, 0.5) is 0 Å². The molecule has 14 nitrogen and oxygen atoms in total. The Hall–Kier alpha value is -6.38. The first-order chi connectivity index (χ1) is 25.9. The van der Waals surface area contributed by atoms with Crippen molar-refractivity contribution >= 4 is 35.0 Å². The lowest BCUT2D eigenvalue weighted by Crippen LogP contribution is -2.23. The van der Waals surface area contributed by atoms with Gasteiger partial charge in [-0.2, -0.15) is 10.2 Å². The topological polar surface area (TPSA) is 215 Å². The number of phenolic OH excluding ortho intramolecular Hbond substituents is 4. The Bertz CT molecular complexity index is 2130. The number of methoxy groups -OCH3 is 2. The summed E-state index contributed by atoms with van der Waals surface area (Å²) in [6.45, 7) is 4.53. The molecule has 0 radical (unpaired) electrons. The number of hydrogen-bond donors (Lipinski definition) is 8. The Kier molecular flexibility index (Phi) is 12.2. The van der Waals surface area contributed by atoms with Crippen molar-refractivity contribution < 1.29 is 39.5 Å². The summed E-state index contributed by atoms with van der Waals surface area (Å²) < 4.78 is 10.4.